The monoisotopic (exact) mass is 1460 g/mol. The Morgan fingerprint density at radius 2 is 0.415 bits per heavy atom. The molecule has 14 heteroatoms. The van der Waals surface area contributed by atoms with E-state index >= 15 is 38.4 Å². The van der Waals surface area contributed by atoms with E-state index in [9.17, 15) is 0 Å². The van der Waals surface area contributed by atoms with Crippen LogP contribution >= 0.6 is 23.2 Å². The molecule has 0 fully saturated rings. The lowest BCUT2D eigenvalue weighted by molar-refractivity contribution is 0.0501. The summed E-state index contributed by atoms with van der Waals surface area (Å²) in [5.74, 6) is -3.15. The fourth-order valence-corrected chi connectivity index (χ4v) is 19.9. The Hall–Kier alpha value is -8.06. The van der Waals surface area contributed by atoms with Gasteiger partial charge in [0.2, 0.25) is 0 Å². The van der Waals surface area contributed by atoms with E-state index < -0.39 is 35.7 Å². The molecular formula is C92H104Cl2N4O8. The highest BCUT2D eigenvalue weighted by Crippen LogP contribution is 2.57. The van der Waals surface area contributed by atoms with Gasteiger partial charge in [-0.1, -0.05) is 257 Å². The molecule has 0 radical (unpaired) electrons. The van der Waals surface area contributed by atoms with Crippen LogP contribution in [-0.4, -0.2) is 91.0 Å². The van der Waals surface area contributed by atoms with Gasteiger partial charge in [-0.05, 0) is 154 Å². The molecule has 12 nitrogen and oxygen atoms in total. The molecule has 0 spiro atoms. The number of imide groups is 4. The average molecular weight is 1460 g/mol. The molecule has 554 valence electrons. The molecule has 10 aromatic carbocycles. The van der Waals surface area contributed by atoms with Crippen LogP contribution in [0.4, 0.5) is 0 Å². The summed E-state index contributed by atoms with van der Waals surface area (Å²) < 4.78 is 0. The molecule has 0 bridgehead atoms. The minimum Gasteiger partial charge on any atom is -0.271 e. The van der Waals surface area contributed by atoms with E-state index in [1.807, 2.05) is 60.7 Å². The highest BCUT2D eigenvalue weighted by Gasteiger charge is 2.46. The van der Waals surface area contributed by atoms with E-state index in [0.717, 1.165) is 154 Å². The quantitative estimate of drug-likeness (QED) is 0.0162. The first kappa shape index (κ1) is 74.8. The van der Waals surface area contributed by atoms with Crippen LogP contribution in [-0.2, 0) is 0 Å². The second kappa shape index (κ2) is 31.6. The molecule has 0 N–H and O–H groups in total. The largest absolute Gasteiger partial charge is 0.271 e. The smallest absolute Gasteiger partial charge is 0.261 e. The molecule has 4 aliphatic heterocycles. The van der Waals surface area contributed by atoms with E-state index in [1.54, 1.807) is 12.1 Å². The normalized spacial score (nSPS) is 14.8. The number of amides is 8. The van der Waals surface area contributed by atoms with Gasteiger partial charge in [-0.2, -0.15) is 0 Å². The summed E-state index contributed by atoms with van der Waals surface area (Å²) in [6.07, 6.45) is 27.4. The summed E-state index contributed by atoms with van der Waals surface area (Å²) in [5, 5.41) is 9.48. The van der Waals surface area contributed by atoms with Crippen molar-refractivity contribution in [1.82, 2.24) is 19.6 Å². The Bertz CT molecular complexity index is 4780. The number of rotatable bonds is 37. The third-order valence-corrected chi connectivity index (χ3v) is 25.2. The second-order valence-electron chi connectivity index (χ2n) is 31.4. The van der Waals surface area contributed by atoms with Crippen molar-refractivity contribution in [3.05, 3.63) is 127 Å². The highest BCUT2D eigenvalue weighted by molar-refractivity contribution is 6.52. The van der Waals surface area contributed by atoms with Crippen molar-refractivity contribution in [3.63, 3.8) is 0 Å². The predicted molar refractivity (Wildman–Crippen MR) is 435 cm³/mol. The first-order chi connectivity index (χ1) is 51.6. The molecule has 106 heavy (non-hydrogen) atoms. The number of carbonyl (C=O) groups excluding carboxylic acids is 8. The van der Waals surface area contributed by atoms with Crippen LogP contribution in [0.2, 0.25) is 10.0 Å². The molecule has 0 unspecified atom stereocenters. The standard InChI is InChI=1S/C92H104Cl2N4O8/c1-9-17-25-33-53(34-26-18-10-2)95-85(99)61-45-41-57-73-59(43-47-63(77(61)73)87(95)101)81-71(93)51-69-79-67(89(103)97(91(69)105)55(37-29-21-13-5)38-30-22-14-6)49-65(75(57)83(79)81)66-50-68-80-70(92(106)98(90(68)104)56(39-31-23-15-7)40-32-24-16-8)52-72(94)82-60-44-48-64-78-62(46-42-58(74(60)78)76(66)84(80)82)86(100)96(88(64)102)54(35-27-19-11-3)36-28-20-12-4/h41-56H,9-40H2,1-8H3. The maximum absolute atomic E-state index is 16.6. The van der Waals surface area contributed by atoms with Crippen molar-refractivity contribution in [2.75, 3.05) is 0 Å². The molecule has 4 heterocycles. The van der Waals surface area contributed by atoms with Gasteiger partial charge in [0, 0.05) is 111 Å². The van der Waals surface area contributed by atoms with E-state index in [1.165, 1.54) is 19.6 Å². The molecule has 10 aromatic rings. The van der Waals surface area contributed by atoms with Gasteiger partial charge in [0.15, 0.2) is 0 Å². The van der Waals surface area contributed by atoms with Gasteiger partial charge in [0.1, 0.15) is 0 Å². The number of halogens is 2. The van der Waals surface area contributed by atoms with Crippen LogP contribution in [0.25, 0.3) is 97.3 Å². The lowest BCUT2D eigenvalue weighted by Gasteiger charge is -2.37. The summed E-state index contributed by atoms with van der Waals surface area (Å²) in [6.45, 7) is 17.2. The number of unbranched alkanes of at least 4 members (excludes halogenated alkanes) is 16. The number of hydrogen-bond acceptors (Lipinski definition) is 8. The van der Waals surface area contributed by atoms with Crippen LogP contribution < -0.4 is 0 Å². The van der Waals surface area contributed by atoms with E-state index in [2.05, 4.69) is 55.4 Å². The van der Waals surface area contributed by atoms with Gasteiger partial charge in [-0.25, -0.2) is 0 Å². The lowest BCUT2D eigenvalue weighted by atomic mass is 9.76. The number of fused-ring (bicyclic) bond motifs is 4. The van der Waals surface area contributed by atoms with Crippen molar-refractivity contribution in [3.8, 4) is 11.1 Å². The Labute approximate surface area is 634 Å². The number of benzene rings is 10. The van der Waals surface area contributed by atoms with Gasteiger partial charge in [-0.3, -0.25) is 58.0 Å². The SMILES string of the molecule is CCCCCC(CCCCC)N1C(=O)c2ccc3c4c(Cl)cc5c6c(cc(-c7cc8c9c(cc(Cl)c%10c%11ccc%12c%13c(ccc(c7c9%10)c%13%11)C(=O)N(C(CCCCC)CCCCC)C%12=O)C(=O)N(C(CCCCC)CCCCC)C8=O)c(c7ccc(c2c37)C1=O)c64)C(=O)N(C(CCCCC)CCCCC)C5=O. The van der Waals surface area contributed by atoms with Crippen LogP contribution in [0, 0.1) is 0 Å². The second-order valence-corrected chi connectivity index (χ2v) is 32.2. The van der Waals surface area contributed by atoms with Gasteiger partial charge < -0.3 is 0 Å². The molecule has 0 aliphatic carbocycles. The van der Waals surface area contributed by atoms with Crippen molar-refractivity contribution in [2.45, 2.75) is 285 Å². The van der Waals surface area contributed by atoms with Gasteiger partial charge in [0.05, 0.1) is 11.1 Å². The Balaban J connectivity index is 1.13. The third-order valence-electron chi connectivity index (χ3n) is 24.6. The predicted octanol–water partition coefficient (Wildman–Crippen LogP) is 25.3. The number of hydrogen-bond donors (Lipinski definition) is 0. The van der Waals surface area contributed by atoms with Crippen LogP contribution in [0.3, 0.4) is 0 Å². The molecule has 0 saturated carbocycles. The molecule has 14 rings (SSSR count). The number of carbonyl (C=O) groups is 8. The minimum absolute atomic E-state index is 0.251. The fourth-order valence-electron chi connectivity index (χ4n) is 19.3. The van der Waals surface area contributed by atoms with Crippen LogP contribution in [0.15, 0.2) is 72.8 Å². The molecule has 4 aliphatic rings. The molecule has 8 amide bonds. The number of nitrogens with zero attached hydrogens (tertiary/aromatic N) is 4. The topological polar surface area (TPSA) is 150 Å². The van der Waals surface area contributed by atoms with Crippen molar-refractivity contribution in [2.24, 2.45) is 0 Å². The zero-order chi connectivity index (χ0) is 74.5. The fraction of sp³-hybridized carbons (Fsp3) is 0.478. The van der Waals surface area contributed by atoms with Gasteiger partial charge >= 0.3 is 0 Å². The summed E-state index contributed by atoms with van der Waals surface area (Å²) in [6, 6.07) is 20.9. The van der Waals surface area contributed by atoms with Crippen molar-refractivity contribution in [1.29, 1.82) is 0 Å². The van der Waals surface area contributed by atoms with Gasteiger partial charge in [-0.15, -0.1) is 0 Å². The third kappa shape index (κ3) is 12.4. The summed E-state index contributed by atoms with van der Waals surface area (Å²) in [5.41, 5.74) is 3.72. The summed E-state index contributed by atoms with van der Waals surface area (Å²) in [7, 11) is 0. The average Bonchev–Trinajstić information content (AvgIpc) is 0.674. The highest BCUT2D eigenvalue weighted by atomic mass is 35.5. The summed E-state index contributed by atoms with van der Waals surface area (Å²) in [4.78, 5) is 134. The zero-order valence-electron chi connectivity index (χ0n) is 63.7. The maximum atomic E-state index is 16.6. The van der Waals surface area contributed by atoms with Crippen LogP contribution in [0.1, 0.15) is 344 Å². The van der Waals surface area contributed by atoms with E-state index in [4.69, 9.17) is 23.2 Å². The summed E-state index contributed by atoms with van der Waals surface area (Å²) >= 11 is 15.9. The van der Waals surface area contributed by atoms with E-state index in [-0.39, 0.29) is 56.9 Å². The molecule has 0 saturated heterocycles. The Kier molecular flexibility index (Phi) is 22.3. The van der Waals surface area contributed by atoms with Crippen molar-refractivity contribution >= 4 is 157 Å². The van der Waals surface area contributed by atoms with Gasteiger partial charge in [0.25, 0.3) is 47.3 Å². The molecule has 0 aromatic heterocycles. The first-order valence-electron chi connectivity index (χ1n) is 41.0. The van der Waals surface area contributed by atoms with Crippen molar-refractivity contribution < 1.29 is 38.4 Å². The lowest BCUT2D eigenvalue weighted by Crippen LogP contribution is -2.47. The molecule has 0 atom stereocenters. The minimum atomic E-state index is -0.443. The zero-order valence-corrected chi connectivity index (χ0v) is 65.2. The molecular weight excluding hydrogens is 1360 g/mol. The maximum Gasteiger partial charge on any atom is 0.261 e. The van der Waals surface area contributed by atoms with Crippen LogP contribution in [0.5, 0.6) is 0 Å². The first-order valence-corrected chi connectivity index (χ1v) is 41.7. The Morgan fingerprint density at radius 3 is 0.642 bits per heavy atom. The Morgan fingerprint density at radius 1 is 0.217 bits per heavy atom. The van der Waals surface area contributed by atoms with E-state index in [0.29, 0.717) is 182 Å².